The summed E-state index contributed by atoms with van der Waals surface area (Å²) < 4.78 is 5.39. The first kappa shape index (κ1) is 15.1. The summed E-state index contributed by atoms with van der Waals surface area (Å²) in [7, 11) is 0. The molecule has 0 aliphatic heterocycles. The third-order valence-electron chi connectivity index (χ3n) is 3.78. The van der Waals surface area contributed by atoms with Gasteiger partial charge in [0.25, 0.3) is 0 Å². The molecule has 4 aromatic rings. The summed E-state index contributed by atoms with van der Waals surface area (Å²) in [5.74, 6) is 2.09. The predicted octanol–water partition coefficient (Wildman–Crippen LogP) is 4.41. The van der Waals surface area contributed by atoms with Crippen LogP contribution in [-0.2, 0) is 6.54 Å². The summed E-state index contributed by atoms with van der Waals surface area (Å²) in [6.45, 7) is 0.528. The molecule has 4 rings (SSSR count). The molecule has 0 aliphatic rings. The van der Waals surface area contributed by atoms with E-state index in [1.165, 1.54) is 0 Å². The van der Waals surface area contributed by atoms with Gasteiger partial charge in [-0.15, -0.1) is 10.2 Å². The second-order valence-corrected chi connectivity index (χ2v) is 5.50. The van der Waals surface area contributed by atoms with E-state index in [1.54, 1.807) is 6.26 Å². The van der Waals surface area contributed by atoms with Crippen molar-refractivity contribution < 1.29 is 4.42 Å². The van der Waals surface area contributed by atoms with E-state index in [-0.39, 0.29) is 0 Å². The number of aromatic nitrogens is 3. The van der Waals surface area contributed by atoms with Crippen molar-refractivity contribution in [2.45, 2.75) is 6.54 Å². The third-order valence-corrected chi connectivity index (χ3v) is 3.78. The normalized spacial score (nSPS) is 10.6. The minimum Gasteiger partial charge on any atom is -0.467 e. The molecule has 2 aromatic heterocycles. The summed E-state index contributed by atoms with van der Waals surface area (Å²) in [5.41, 5.74) is 2.60. The van der Waals surface area contributed by atoms with Crippen LogP contribution in [0.4, 0.5) is 5.82 Å². The van der Waals surface area contributed by atoms with Crippen molar-refractivity contribution in [1.82, 2.24) is 15.2 Å². The second kappa shape index (κ2) is 6.97. The van der Waals surface area contributed by atoms with Gasteiger partial charge < -0.3 is 9.73 Å². The maximum atomic E-state index is 5.39. The molecule has 5 heteroatoms. The molecule has 5 nitrogen and oxygen atoms in total. The molecule has 0 saturated heterocycles. The molecule has 25 heavy (non-hydrogen) atoms. The molecular weight excluding hydrogens is 312 g/mol. The Morgan fingerprint density at radius 3 is 2.16 bits per heavy atom. The Hall–Kier alpha value is -3.47. The van der Waals surface area contributed by atoms with E-state index in [9.17, 15) is 0 Å². The van der Waals surface area contributed by atoms with Crippen LogP contribution in [0.2, 0.25) is 0 Å². The molecule has 122 valence electrons. The Morgan fingerprint density at radius 2 is 1.48 bits per heavy atom. The fraction of sp³-hybridized carbons (Fsp3) is 0.0500. The van der Waals surface area contributed by atoms with Gasteiger partial charge in [-0.25, -0.2) is 4.98 Å². The zero-order valence-electron chi connectivity index (χ0n) is 13.5. The van der Waals surface area contributed by atoms with Gasteiger partial charge in [-0.3, -0.25) is 0 Å². The molecule has 1 N–H and O–H groups in total. The van der Waals surface area contributed by atoms with E-state index in [1.807, 2.05) is 72.8 Å². The lowest BCUT2D eigenvalue weighted by atomic mass is 10.1. The van der Waals surface area contributed by atoms with Crippen LogP contribution in [0.25, 0.3) is 22.6 Å². The molecule has 0 aliphatic carbocycles. The van der Waals surface area contributed by atoms with E-state index in [4.69, 9.17) is 9.40 Å². The van der Waals surface area contributed by atoms with Crippen molar-refractivity contribution in [2.75, 3.05) is 5.32 Å². The third kappa shape index (κ3) is 3.40. The topological polar surface area (TPSA) is 63.8 Å². The molecule has 0 fully saturated rings. The number of hydrogen-bond acceptors (Lipinski definition) is 5. The Labute approximate surface area is 145 Å². The Morgan fingerprint density at radius 1 is 0.760 bits per heavy atom. The number of anilines is 1. The van der Waals surface area contributed by atoms with Crippen LogP contribution in [0.15, 0.2) is 83.5 Å². The first-order chi connectivity index (χ1) is 12.4. The van der Waals surface area contributed by atoms with Crippen molar-refractivity contribution in [2.24, 2.45) is 0 Å². The molecule has 0 unspecified atom stereocenters. The fourth-order valence-electron chi connectivity index (χ4n) is 2.53. The first-order valence-corrected chi connectivity index (χ1v) is 8.02. The molecule has 0 spiro atoms. The van der Waals surface area contributed by atoms with Crippen LogP contribution in [-0.4, -0.2) is 15.2 Å². The minimum absolute atomic E-state index is 0.528. The van der Waals surface area contributed by atoms with E-state index >= 15 is 0 Å². The number of hydrogen-bond donors (Lipinski definition) is 1. The summed E-state index contributed by atoms with van der Waals surface area (Å²) in [5, 5.41) is 12.0. The molecule has 0 bridgehead atoms. The van der Waals surface area contributed by atoms with Gasteiger partial charge in [0.1, 0.15) is 11.5 Å². The Bertz CT molecular complexity index is 938. The van der Waals surface area contributed by atoms with Crippen LogP contribution in [0.3, 0.4) is 0 Å². The Balaban J connectivity index is 1.73. The quantitative estimate of drug-likeness (QED) is 0.588. The first-order valence-electron chi connectivity index (χ1n) is 8.02. The molecule has 0 saturated carbocycles. The lowest BCUT2D eigenvalue weighted by molar-refractivity contribution is 0.518. The number of nitrogens with zero attached hydrogens (tertiary/aromatic N) is 3. The van der Waals surface area contributed by atoms with Crippen molar-refractivity contribution >= 4 is 5.82 Å². The van der Waals surface area contributed by atoms with Gasteiger partial charge in [0, 0.05) is 11.1 Å². The standard InChI is InChI=1S/C20H16N4O/c1-3-8-15(9-4-1)18-20(21-14-17-12-7-13-25-17)22-19(24-23-18)16-10-5-2-6-11-16/h1-13H,14H2,(H,21,22,24). The van der Waals surface area contributed by atoms with Crippen LogP contribution in [0.5, 0.6) is 0 Å². The van der Waals surface area contributed by atoms with Gasteiger partial charge in [0.05, 0.1) is 12.8 Å². The molecule has 2 aromatic carbocycles. The minimum atomic E-state index is 0.528. The van der Waals surface area contributed by atoms with Crippen molar-refractivity contribution in [3.8, 4) is 22.6 Å². The monoisotopic (exact) mass is 328 g/mol. The molecule has 2 heterocycles. The van der Waals surface area contributed by atoms with Gasteiger partial charge in [-0.1, -0.05) is 60.7 Å². The zero-order valence-corrected chi connectivity index (χ0v) is 13.5. The van der Waals surface area contributed by atoms with Crippen LogP contribution in [0, 0.1) is 0 Å². The van der Waals surface area contributed by atoms with Crippen LogP contribution in [0.1, 0.15) is 5.76 Å². The van der Waals surface area contributed by atoms with Crippen LogP contribution >= 0.6 is 0 Å². The highest BCUT2D eigenvalue weighted by atomic mass is 16.3. The van der Waals surface area contributed by atoms with Gasteiger partial charge in [0.2, 0.25) is 0 Å². The Kier molecular flexibility index (Phi) is 4.20. The predicted molar refractivity (Wildman–Crippen MR) is 96.7 cm³/mol. The second-order valence-electron chi connectivity index (χ2n) is 5.50. The lowest BCUT2D eigenvalue weighted by Gasteiger charge is -2.10. The number of benzene rings is 2. The van der Waals surface area contributed by atoms with Gasteiger partial charge in [-0.05, 0) is 12.1 Å². The largest absolute Gasteiger partial charge is 0.467 e. The van der Waals surface area contributed by atoms with E-state index in [0.717, 1.165) is 16.9 Å². The summed E-state index contributed by atoms with van der Waals surface area (Å²) in [4.78, 5) is 4.69. The van der Waals surface area contributed by atoms with E-state index in [2.05, 4.69) is 15.5 Å². The highest BCUT2D eigenvalue weighted by Gasteiger charge is 2.12. The van der Waals surface area contributed by atoms with Gasteiger partial charge in [0.15, 0.2) is 11.6 Å². The van der Waals surface area contributed by atoms with Crippen molar-refractivity contribution in [3.05, 3.63) is 84.8 Å². The highest BCUT2D eigenvalue weighted by molar-refractivity contribution is 5.72. The van der Waals surface area contributed by atoms with Crippen molar-refractivity contribution in [3.63, 3.8) is 0 Å². The fourth-order valence-corrected chi connectivity index (χ4v) is 2.53. The number of nitrogens with one attached hydrogen (secondary N) is 1. The average molecular weight is 328 g/mol. The summed E-state index contributed by atoms with van der Waals surface area (Å²) in [6, 6.07) is 23.5. The van der Waals surface area contributed by atoms with E-state index < -0.39 is 0 Å². The summed E-state index contributed by atoms with van der Waals surface area (Å²) >= 11 is 0. The smallest absolute Gasteiger partial charge is 0.183 e. The molecular formula is C20H16N4O. The van der Waals surface area contributed by atoms with Crippen molar-refractivity contribution in [1.29, 1.82) is 0 Å². The summed E-state index contributed by atoms with van der Waals surface area (Å²) in [6.07, 6.45) is 1.66. The van der Waals surface area contributed by atoms with Crippen LogP contribution < -0.4 is 5.32 Å². The maximum absolute atomic E-state index is 5.39. The van der Waals surface area contributed by atoms with E-state index in [0.29, 0.717) is 23.9 Å². The lowest BCUT2D eigenvalue weighted by Crippen LogP contribution is -2.06. The number of furan rings is 1. The van der Waals surface area contributed by atoms with Gasteiger partial charge >= 0.3 is 0 Å². The molecule has 0 atom stereocenters. The highest BCUT2D eigenvalue weighted by Crippen LogP contribution is 2.26. The zero-order chi connectivity index (χ0) is 16.9. The van der Waals surface area contributed by atoms with Gasteiger partial charge in [-0.2, -0.15) is 0 Å². The SMILES string of the molecule is c1ccc(-c2nnc(-c3ccccc3)c(NCc3ccco3)n2)cc1. The number of rotatable bonds is 5. The maximum Gasteiger partial charge on any atom is 0.183 e. The average Bonchev–Trinajstić information content (AvgIpc) is 3.21. The molecule has 0 amide bonds. The molecule has 0 radical (unpaired) electrons.